The fourth-order valence-electron chi connectivity index (χ4n) is 3.30. The van der Waals surface area contributed by atoms with E-state index >= 15 is 0 Å². The van der Waals surface area contributed by atoms with Crippen molar-refractivity contribution in [1.29, 1.82) is 0 Å². The van der Waals surface area contributed by atoms with Crippen LogP contribution in [-0.2, 0) is 14.8 Å². The van der Waals surface area contributed by atoms with Crippen LogP contribution in [0.25, 0.3) is 0 Å². The van der Waals surface area contributed by atoms with Crippen molar-refractivity contribution in [3.63, 3.8) is 0 Å². The molecule has 30 heavy (non-hydrogen) atoms. The molecule has 0 saturated carbocycles. The van der Waals surface area contributed by atoms with Crippen molar-refractivity contribution in [2.24, 2.45) is 5.92 Å². The topological polar surface area (TPSA) is 75.7 Å². The number of amides is 1. The van der Waals surface area contributed by atoms with Crippen LogP contribution in [0, 0.1) is 17.6 Å². The Morgan fingerprint density at radius 2 is 2.03 bits per heavy atom. The molecule has 2 aromatic carbocycles. The lowest BCUT2D eigenvalue weighted by Gasteiger charge is -2.31. The van der Waals surface area contributed by atoms with E-state index in [2.05, 4.69) is 5.32 Å². The molecule has 0 aromatic heterocycles. The SMILES string of the molecule is CCOc1ccc(Cl)cc1S(=O)(=O)N1CCC[C@H](C(=O)Nc2cc(F)ccc2F)C1. The van der Waals surface area contributed by atoms with Gasteiger partial charge in [-0.15, -0.1) is 0 Å². The molecule has 1 fully saturated rings. The Kier molecular flexibility index (Phi) is 6.95. The molecule has 0 bridgehead atoms. The van der Waals surface area contributed by atoms with Crippen LogP contribution in [0.2, 0.25) is 5.02 Å². The first-order valence-electron chi connectivity index (χ1n) is 9.40. The molecule has 3 rings (SSSR count). The highest BCUT2D eigenvalue weighted by Crippen LogP contribution is 2.32. The summed E-state index contributed by atoms with van der Waals surface area (Å²) in [5, 5.41) is 2.59. The molecule has 162 valence electrons. The zero-order chi connectivity index (χ0) is 21.9. The Morgan fingerprint density at radius 1 is 1.27 bits per heavy atom. The van der Waals surface area contributed by atoms with Gasteiger partial charge in [0, 0.05) is 24.2 Å². The second kappa shape index (κ2) is 9.28. The summed E-state index contributed by atoms with van der Waals surface area (Å²) < 4.78 is 60.2. The number of halogens is 3. The maximum Gasteiger partial charge on any atom is 0.246 e. The van der Waals surface area contributed by atoms with Crippen molar-refractivity contribution in [2.45, 2.75) is 24.7 Å². The average molecular weight is 459 g/mol. The van der Waals surface area contributed by atoms with Crippen LogP contribution in [0.15, 0.2) is 41.3 Å². The minimum absolute atomic E-state index is 0.0749. The molecule has 10 heteroatoms. The fourth-order valence-corrected chi connectivity index (χ4v) is 5.22. The van der Waals surface area contributed by atoms with Gasteiger partial charge in [0.15, 0.2) is 0 Å². The van der Waals surface area contributed by atoms with E-state index in [4.69, 9.17) is 16.3 Å². The number of benzene rings is 2. The third kappa shape index (κ3) is 4.91. The number of hydrogen-bond acceptors (Lipinski definition) is 4. The molecule has 1 aliphatic rings. The second-order valence-corrected chi connectivity index (χ2v) is 9.18. The highest BCUT2D eigenvalue weighted by molar-refractivity contribution is 7.89. The number of nitrogens with zero attached hydrogens (tertiary/aromatic N) is 1. The van der Waals surface area contributed by atoms with Gasteiger partial charge in [0.25, 0.3) is 0 Å². The average Bonchev–Trinajstić information content (AvgIpc) is 2.72. The number of piperidine rings is 1. The number of hydrogen-bond donors (Lipinski definition) is 1. The second-order valence-electron chi connectivity index (χ2n) is 6.84. The summed E-state index contributed by atoms with van der Waals surface area (Å²) in [7, 11) is -3.98. The third-order valence-electron chi connectivity index (χ3n) is 4.76. The summed E-state index contributed by atoms with van der Waals surface area (Å²) >= 11 is 5.99. The van der Waals surface area contributed by atoms with Crippen LogP contribution >= 0.6 is 11.6 Å². The molecule has 1 aliphatic heterocycles. The van der Waals surface area contributed by atoms with Gasteiger partial charge < -0.3 is 10.1 Å². The minimum Gasteiger partial charge on any atom is -0.492 e. The molecule has 1 saturated heterocycles. The lowest BCUT2D eigenvalue weighted by molar-refractivity contribution is -0.120. The smallest absolute Gasteiger partial charge is 0.246 e. The van der Waals surface area contributed by atoms with Crippen LogP contribution in [-0.4, -0.2) is 38.3 Å². The molecule has 1 heterocycles. The van der Waals surface area contributed by atoms with Crippen molar-refractivity contribution >= 4 is 33.2 Å². The van der Waals surface area contributed by atoms with E-state index in [1.54, 1.807) is 6.92 Å². The van der Waals surface area contributed by atoms with Gasteiger partial charge in [0.1, 0.15) is 22.3 Å². The summed E-state index contributed by atoms with van der Waals surface area (Å²) in [4.78, 5) is 12.5. The van der Waals surface area contributed by atoms with Gasteiger partial charge in [-0.05, 0) is 50.1 Å². The molecule has 0 spiro atoms. The number of anilines is 1. The first kappa shape index (κ1) is 22.5. The van der Waals surface area contributed by atoms with E-state index in [1.807, 2.05) is 0 Å². The number of carbonyl (C=O) groups is 1. The van der Waals surface area contributed by atoms with Gasteiger partial charge in [-0.3, -0.25) is 4.79 Å². The molecular formula is C20H21ClF2N2O4S. The van der Waals surface area contributed by atoms with E-state index < -0.39 is 33.5 Å². The van der Waals surface area contributed by atoms with Gasteiger partial charge >= 0.3 is 0 Å². The number of ether oxygens (including phenoxy) is 1. The first-order valence-corrected chi connectivity index (χ1v) is 11.2. The maximum absolute atomic E-state index is 13.8. The highest BCUT2D eigenvalue weighted by atomic mass is 35.5. The summed E-state index contributed by atoms with van der Waals surface area (Å²) in [5.74, 6) is -2.58. The monoisotopic (exact) mass is 458 g/mol. The zero-order valence-electron chi connectivity index (χ0n) is 16.2. The van der Waals surface area contributed by atoms with Crippen LogP contribution in [0.4, 0.5) is 14.5 Å². The van der Waals surface area contributed by atoms with E-state index in [0.29, 0.717) is 12.8 Å². The highest BCUT2D eigenvalue weighted by Gasteiger charge is 2.35. The van der Waals surface area contributed by atoms with Crippen molar-refractivity contribution in [2.75, 3.05) is 25.0 Å². The van der Waals surface area contributed by atoms with Crippen molar-refractivity contribution in [3.05, 3.63) is 53.1 Å². The van der Waals surface area contributed by atoms with Crippen LogP contribution in [0.1, 0.15) is 19.8 Å². The fraction of sp³-hybridized carbons (Fsp3) is 0.350. The summed E-state index contributed by atoms with van der Waals surface area (Å²) in [6, 6.07) is 7.07. The third-order valence-corrected chi connectivity index (χ3v) is 6.89. The predicted octanol–water partition coefficient (Wildman–Crippen LogP) is 4.06. The number of sulfonamides is 1. The molecule has 6 nitrogen and oxygen atoms in total. The molecular weight excluding hydrogens is 438 g/mol. The largest absolute Gasteiger partial charge is 0.492 e. The first-order chi connectivity index (χ1) is 14.2. The van der Waals surface area contributed by atoms with E-state index in [1.165, 1.54) is 22.5 Å². The van der Waals surface area contributed by atoms with Gasteiger partial charge in [-0.2, -0.15) is 4.31 Å². The Balaban J connectivity index is 1.81. The van der Waals surface area contributed by atoms with Gasteiger partial charge in [-0.1, -0.05) is 11.6 Å². The van der Waals surface area contributed by atoms with E-state index in [-0.39, 0.29) is 41.1 Å². The van der Waals surface area contributed by atoms with Crippen molar-refractivity contribution in [1.82, 2.24) is 4.31 Å². The van der Waals surface area contributed by atoms with Crippen LogP contribution < -0.4 is 10.1 Å². The Morgan fingerprint density at radius 3 is 2.77 bits per heavy atom. The standard InChI is InChI=1S/C20H21ClF2N2O4S/c1-2-29-18-8-5-14(21)10-19(18)30(27,28)25-9-3-4-13(12-25)20(26)24-17-11-15(22)6-7-16(17)23/h5-8,10-11,13H,2-4,9,12H2,1H3,(H,24,26)/t13-/m0/s1. The summed E-state index contributed by atoms with van der Waals surface area (Å²) in [5.41, 5.74) is -0.284. The molecule has 1 amide bonds. The quantitative estimate of drug-likeness (QED) is 0.708. The number of rotatable bonds is 6. The molecule has 2 aromatic rings. The molecule has 1 atom stereocenters. The normalized spacial score (nSPS) is 17.5. The maximum atomic E-state index is 13.8. The van der Waals surface area contributed by atoms with Crippen molar-refractivity contribution in [3.8, 4) is 5.75 Å². The minimum atomic E-state index is -3.98. The van der Waals surface area contributed by atoms with Gasteiger partial charge in [0.05, 0.1) is 18.2 Å². The van der Waals surface area contributed by atoms with Crippen LogP contribution in [0.3, 0.4) is 0 Å². The molecule has 1 N–H and O–H groups in total. The van der Waals surface area contributed by atoms with E-state index in [9.17, 15) is 22.0 Å². The summed E-state index contributed by atoms with van der Waals surface area (Å²) in [6.07, 6.45) is 0.857. The molecule has 0 radical (unpaired) electrons. The Labute approximate surface area is 178 Å². The number of nitrogens with one attached hydrogen (secondary N) is 1. The predicted molar refractivity (Wildman–Crippen MR) is 109 cm³/mol. The lowest BCUT2D eigenvalue weighted by atomic mass is 9.98. The number of carbonyl (C=O) groups excluding carboxylic acids is 1. The summed E-state index contributed by atoms with van der Waals surface area (Å²) in [6.45, 7) is 2.13. The molecule has 0 aliphatic carbocycles. The Bertz CT molecular complexity index is 1050. The van der Waals surface area contributed by atoms with E-state index in [0.717, 1.165) is 18.2 Å². The van der Waals surface area contributed by atoms with Gasteiger partial charge in [-0.25, -0.2) is 17.2 Å². The zero-order valence-corrected chi connectivity index (χ0v) is 17.8. The van der Waals surface area contributed by atoms with Crippen LogP contribution in [0.5, 0.6) is 5.75 Å². The van der Waals surface area contributed by atoms with Crippen molar-refractivity contribution < 1.29 is 26.7 Å². The Hall–Kier alpha value is -2.23. The lowest BCUT2D eigenvalue weighted by Crippen LogP contribution is -2.43. The van der Waals surface area contributed by atoms with Gasteiger partial charge in [0.2, 0.25) is 15.9 Å². The molecule has 0 unspecified atom stereocenters.